The van der Waals surface area contributed by atoms with E-state index in [2.05, 4.69) is 19.4 Å². The Morgan fingerprint density at radius 3 is 1.82 bits per heavy atom. The first kappa shape index (κ1) is 24.1. The minimum Gasteiger partial charge on any atom is -0.481 e. The summed E-state index contributed by atoms with van der Waals surface area (Å²) in [6.45, 7) is 3.44. The molecular weight excluding hydrogens is 468 g/mol. The number of aromatic nitrogens is 2. The normalized spacial score (nSPS) is 11.7. The fourth-order valence-electron chi connectivity index (χ4n) is 2.95. The maximum absolute atomic E-state index is 12.6. The summed E-state index contributed by atoms with van der Waals surface area (Å²) in [6, 6.07) is 12.8. The highest BCUT2D eigenvalue weighted by Crippen LogP contribution is 2.20. The Bertz CT molecular complexity index is 1350. The summed E-state index contributed by atoms with van der Waals surface area (Å²) in [4.78, 5) is 18.7. The van der Waals surface area contributed by atoms with E-state index in [1.165, 1.54) is 36.4 Å². The number of nitrogens with zero attached hydrogens (tertiary/aromatic N) is 2. The number of rotatable bonds is 9. The average molecular weight is 491 g/mol. The molecule has 174 valence electrons. The van der Waals surface area contributed by atoms with Crippen LogP contribution >= 0.6 is 0 Å². The number of hydrogen-bond acceptors (Lipinski definition) is 7. The van der Waals surface area contributed by atoms with Gasteiger partial charge in [0.05, 0.1) is 9.79 Å². The molecule has 2 aromatic carbocycles. The second-order valence-corrected chi connectivity index (χ2v) is 10.6. The van der Waals surface area contributed by atoms with Gasteiger partial charge in [0, 0.05) is 23.5 Å². The van der Waals surface area contributed by atoms with Crippen LogP contribution in [0, 0.1) is 13.8 Å². The van der Waals surface area contributed by atoms with Gasteiger partial charge in [-0.25, -0.2) is 31.5 Å². The highest BCUT2D eigenvalue weighted by molar-refractivity contribution is 7.93. The van der Waals surface area contributed by atoms with Gasteiger partial charge >= 0.3 is 5.97 Å². The lowest BCUT2D eigenvalue weighted by atomic mass is 10.1. The minimum atomic E-state index is -3.97. The molecule has 0 bridgehead atoms. The Kier molecular flexibility index (Phi) is 6.98. The number of anilines is 2. The van der Waals surface area contributed by atoms with Crippen molar-refractivity contribution in [2.24, 2.45) is 0 Å². The van der Waals surface area contributed by atoms with Crippen LogP contribution in [0.25, 0.3) is 0 Å². The third kappa shape index (κ3) is 6.49. The van der Waals surface area contributed by atoms with Gasteiger partial charge in [0.15, 0.2) is 0 Å². The Hall–Kier alpha value is -3.51. The van der Waals surface area contributed by atoms with Gasteiger partial charge in [0.2, 0.25) is 5.95 Å². The number of aliphatic carboxylic acids is 1. The molecule has 0 amide bonds. The smallest absolute Gasteiger partial charge is 0.303 e. The molecule has 0 radical (unpaired) electrons. The van der Waals surface area contributed by atoms with E-state index in [-0.39, 0.29) is 27.8 Å². The molecule has 0 unspecified atom stereocenters. The number of carboxylic acids is 1. The number of nitrogens with one attached hydrogen (secondary N) is 2. The molecule has 1 heterocycles. The second-order valence-electron chi connectivity index (χ2n) is 7.25. The number of benzene rings is 2. The Morgan fingerprint density at radius 2 is 1.30 bits per heavy atom. The van der Waals surface area contributed by atoms with Crippen molar-refractivity contribution in [1.29, 1.82) is 0 Å². The molecule has 3 rings (SSSR count). The van der Waals surface area contributed by atoms with Crippen molar-refractivity contribution in [3.63, 3.8) is 0 Å². The predicted octanol–water partition coefficient (Wildman–Crippen LogP) is 2.71. The third-order valence-corrected chi connectivity index (χ3v) is 7.23. The van der Waals surface area contributed by atoms with E-state index in [0.717, 1.165) is 0 Å². The topological polar surface area (TPSA) is 155 Å². The molecule has 0 aliphatic carbocycles. The van der Waals surface area contributed by atoms with Crippen LogP contribution in [0.3, 0.4) is 0 Å². The molecule has 10 nitrogen and oxygen atoms in total. The highest BCUT2D eigenvalue weighted by atomic mass is 32.2. The fraction of sp³-hybridized carbons (Fsp3) is 0.190. The zero-order valence-corrected chi connectivity index (χ0v) is 19.4. The largest absolute Gasteiger partial charge is 0.481 e. The molecule has 0 aliphatic heterocycles. The van der Waals surface area contributed by atoms with Crippen molar-refractivity contribution in [3.8, 4) is 0 Å². The molecule has 12 heteroatoms. The van der Waals surface area contributed by atoms with Crippen LogP contribution in [0.1, 0.15) is 23.4 Å². The maximum Gasteiger partial charge on any atom is 0.303 e. The lowest BCUT2D eigenvalue weighted by Crippen LogP contribution is -2.16. The van der Waals surface area contributed by atoms with E-state index in [9.17, 15) is 21.6 Å². The van der Waals surface area contributed by atoms with Gasteiger partial charge in [-0.15, -0.1) is 0 Å². The molecule has 3 aromatic rings. The summed E-state index contributed by atoms with van der Waals surface area (Å²) in [7, 11) is -7.89. The van der Waals surface area contributed by atoms with E-state index in [0.29, 0.717) is 23.4 Å². The van der Waals surface area contributed by atoms with Crippen LogP contribution < -0.4 is 9.44 Å². The van der Waals surface area contributed by atoms with Gasteiger partial charge in [-0.05, 0) is 68.3 Å². The van der Waals surface area contributed by atoms with Gasteiger partial charge in [0.25, 0.3) is 20.0 Å². The van der Waals surface area contributed by atoms with Crippen LogP contribution in [0.5, 0.6) is 0 Å². The van der Waals surface area contributed by atoms with Crippen molar-refractivity contribution < 1.29 is 26.7 Å². The van der Waals surface area contributed by atoms with Gasteiger partial charge in [0.1, 0.15) is 0 Å². The average Bonchev–Trinajstić information content (AvgIpc) is 2.71. The van der Waals surface area contributed by atoms with E-state index >= 15 is 0 Å². The van der Waals surface area contributed by atoms with E-state index in [1.54, 1.807) is 32.0 Å². The summed E-state index contributed by atoms with van der Waals surface area (Å²) in [5.74, 6) is -0.986. The van der Waals surface area contributed by atoms with Crippen molar-refractivity contribution >= 4 is 37.7 Å². The molecule has 0 saturated heterocycles. The summed E-state index contributed by atoms with van der Waals surface area (Å²) in [5.41, 5.74) is 2.09. The van der Waals surface area contributed by atoms with Crippen molar-refractivity contribution in [2.75, 3.05) is 9.44 Å². The van der Waals surface area contributed by atoms with Crippen LogP contribution in [0.15, 0.2) is 64.4 Å². The fourth-order valence-corrected chi connectivity index (χ4v) is 4.96. The lowest BCUT2D eigenvalue weighted by Gasteiger charge is -2.11. The third-order valence-electron chi connectivity index (χ3n) is 4.49. The molecule has 1 aromatic heterocycles. The van der Waals surface area contributed by atoms with E-state index in [1.807, 2.05) is 0 Å². The Balaban J connectivity index is 1.72. The summed E-state index contributed by atoms with van der Waals surface area (Å²) < 4.78 is 55.1. The molecule has 3 N–H and O–H groups in total. The monoisotopic (exact) mass is 490 g/mol. The zero-order chi connectivity index (χ0) is 24.2. The van der Waals surface area contributed by atoms with E-state index < -0.39 is 26.0 Å². The predicted molar refractivity (Wildman–Crippen MR) is 122 cm³/mol. The second kappa shape index (κ2) is 9.55. The first-order chi connectivity index (χ1) is 15.4. The van der Waals surface area contributed by atoms with Crippen LogP contribution in [0.2, 0.25) is 0 Å². The molecule has 0 saturated carbocycles. The lowest BCUT2D eigenvalue weighted by molar-refractivity contribution is -0.136. The minimum absolute atomic E-state index is 0.00749. The first-order valence-corrected chi connectivity index (χ1v) is 12.7. The van der Waals surface area contributed by atoms with Gasteiger partial charge in [-0.1, -0.05) is 12.1 Å². The Labute approximate surface area is 191 Å². The zero-order valence-electron chi connectivity index (χ0n) is 17.8. The van der Waals surface area contributed by atoms with E-state index in [4.69, 9.17) is 5.11 Å². The SMILES string of the molecule is Cc1cc(C)nc(NS(=O)(=O)c2ccc(NS(=O)(=O)c3ccc(CCC(=O)O)cc3)cc2)n1. The quantitative estimate of drug-likeness (QED) is 0.413. The molecule has 33 heavy (non-hydrogen) atoms. The van der Waals surface area contributed by atoms with Gasteiger partial charge in [-0.2, -0.15) is 0 Å². The molecule has 0 fully saturated rings. The number of aryl methyl sites for hydroxylation is 3. The highest BCUT2D eigenvalue weighted by Gasteiger charge is 2.18. The first-order valence-electron chi connectivity index (χ1n) is 9.73. The molecule has 0 atom stereocenters. The maximum atomic E-state index is 12.6. The van der Waals surface area contributed by atoms with Gasteiger partial charge < -0.3 is 5.11 Å². The number of carbonyl (C=O) groups is 1. The van der Waals surface area contributed by atoms with Crippen LogP contribution in [-0.4, -0.2) is 37.9 Å². The van der Waals surface area contributed by atoms with Gasteiger partial charge in [-0.3, -0.25) is 9.52 Å². The van der Waals surface area contributed by atoms with Crippen molar-refractivity contribution in [1.82, 2.24) is 9.97 Å². The Morgan fingerprint density at radius 1 is 0.818 bits per heavy atom. The molecular formula is C21H22N4O6S2. The van der Waals surface area contributed by atoms with Crippen molar-refractivity contribution in [3.05, 3.63) is 71.5 Å². The molecule has 0 aliphatic rings. The number of sulfonamides is 2. The summed E-state index contributed by atoms with van der Waals surface area (Å²) in [6.07, 6.45) is 0.240. The molecule has 0 spiro atoms. The van der Waals surface area contributed by atoms with Crippen LogP contribution in [0.4, 0.5) is 11.6 Å². The number of carboxylic acid groups (broad SMARTS) is 1. The summed E-state index contributed by atoms with van der Waals surface area (Å²) in [5, 5.41) is 8.73. The summed E-state index contributed by atoms with van der Waals surface area (Å²) >= 11 is 0. The standard InChI is InChI=1S/C21H22N4O6S2/c1-14-13-15(2)23-21(22-14)25-33(30,31)19-10-6-17(7-11-19)24-32(28,29)18-8-3-16(4-9-18)5-12-20(26)27/h3-4,6-11,13,24H,5,12H2,1-2H3,(H,26,27)(H,22,23,25). The van der Waals surface area contributed by atoms with Crippen molar-refractivity contribution in [2.45, 2.75) is 36.5 Å². The number of hydrogen-bond donors (Lipinski definition) is 3. The van der Waals surface area contributed by atoms with Crippen LogP contribution in [-0.2, 0) is 31.3 Å².